The first-order valence-electron chi connectivity index (χ1n) is 12.0. The minimum atomic E-state index is -0.879. The van der Waals surface area contributed by atoms with E-state index in [9.17, 15) is 9.59 Å². The number of nitrogens with one attached hydrogen (secondary N) is 1. The van der Waals surface area contributed by atoms with E-state index in [0.717, 1.165) is 31.2 Å². The molecule has 1 aliphatic heterocycles. The molecule has 0 spiro atoms. The molecule has 1 fully saturated rings. The molecule has 0 unspecified atom stereocenters. The van der Waals surface area contributed by atoms with E-state index in [2.05, 4.69) is 33.0 Å². The fourth-order valence-electron chi connectivity index (χ4n) is 4.11. The van der Waals surface area contributed by atoms with Crippen molar-refractivity contribution in [2.24, 2.45) is 23.7 Å². The van der Waals surface area contributed by atoms with E-state index in [1.165, 1.54) is 0 Å². The van der Waals surface area contributed by atoms with Gasteiger partial charge in [-0.05, 0) is 43.1 Å². The fraction of sp³-hybridized carbons (Fsp3) is 0.692. The summed E-state index contributed by atoms with van der Waals surface area (Å²) >= 11 is 0. The first-order valence-corrected chi connectivity index (χ1v) is 12.0. The Balaban J connectivity index is 2.00. The second kappa shape index (κ2) is 13.5. The van der Waals surface area contributed by atoms with Gasteiger partial charge in [-0.2, -0.15) is 0 Å². The Morgan fingerprint density at radius 2 is 1.72 bits per heavy atom. The van der Waals surface area contributed by atoms with Crippen molar-refractivity contribution in [3.63, 3.8) is 0 Å². The number of hydrogen-bond acceptors (Lipinski definition) is 5. The zero-order valence-electron chi connectivity index (χ0n) is 20.3. The van der Waals surface area contributed by atoms with Gasteiger partial charge in [0.1, 0.15) is 12.7 Å². The number of hydrogen-bond donors (Lipinski definition) is 1. The smallest absolute Gasteiger partial charge is 0.408 e. The first kappa shape index (κ1) is 26.2. The van der Waals surface area contributed by atoms with Gasteiger partial charge < -0.3 is 19.5 Å². The van der Waals surface area contributed by atoms with Crippen LogP contribution in [-0.4, -0.2) is 37.4 Å². The third-order valence-electron chi connectivity index (χ3n) is 6.11. The van der Waals surface area contributed by atoms with E-state index in [4.69, 9.17) is 14.2 Å². The minimum Gasteiger partial charge on any atom is -0.461 e. The molecule has 0 aliphatic carbocycles. The third-order valence-corrected chi connectivity index (χ3v) is 6.11. The lowest BCUT2D eigenvalue weighted by Crippen LogP contribution is -2.46. The van der Waals surface area contributed by atoms with Crippen molar-refractivity contribution in [1.29, 1.82) is 0 Å². The van der Waals surface area contributed by atoms with Gasteiger partial charge in [-0.1, -0.05) is 70.9 Å². The van der Waals surface area contributed by atoms with Gasteiger partial charge in [0.05, 0.1) is 6.61 Å². The monoisotopic (exact) mass is 447 g/mol. The summed E-state index contributed by atoms with van der Waals surface area (Å²) in [6.07, 6.45) is 3.34. The van der Waals surface area contributed by atoms with Crippen LogP contribution in [-0.2, 0) is 25.6 Å². The number of cyclic esters (lactones) is 1. The molecule has 32 heavy (non-hydrogen) atoms. The van der Waals surface area contributed by atoms with Crippen molar-refractivity contribution in [2.75, 3.05) is 13.2 Å². The normalized spacial score (nSPS) is 24.4. The third kappa shape index (κ3) is 9.19. The number of benzene rings is 1. The summed E-state index contributed by atoms with van der Waals surface area (Å²) in [5.41, 5.74) is 0.880. The van der Waals surface area contributed by atoms with Crippen molar-refractivity contribution in [1.82, 2.24) is 5.32 Å². The molecule has 1 aromatic carbocycles. The van der Waals surface area contributed by atoms with Crippen molar-refractivity contribution in [3.8, 4) is 0 Å². The Morgan fingerprint density at radius 3 is 2.38 bits per heavy atom. The molecule has 0 aromatic heterocycles. The summed E-state index contributed by atoms with van der Waals surface area (Å²) in [6, 6.07) is 8.54. The molecule has 1 N–H and O–H groups in total. The van der Waals surface area contributed by atoms with Gasteiger partial charge in [-0.15, -0.1) is 0 Å². The van der Waals surface area contributed by atoms with Crippen molar-refractivity contribution >= 4 is 12.1 Å². The fourth-order valence-corrected chi connectivity index (χ4v) is 4.11. The Hall–Kier alpha value is -2.08. The van der Waals surface area contributed by atoms with Crippen molar-refractivity contribution in [3.05, 3.63) is 35.9 Å². The molecular weight excluding hydrogens is 406 g/mol. The van der Waals surface area contributed by atoms with Crippen LogP contribution in [0.4, 0.5) is 4.79 Å². The average molecular weight is 448 g/mol. The van der Waals surface area contributed by atoms with Crippen LogP contribution in [0.2, 0.25) is 0 Å². The molecular formula is C26H41NO5. The Bertz CT molecular complexity index is 691. The average Bonchev–Trinajstić information content (AvgIpc) is 2.79. The quantitative estimate of drug-likeness (QED) is 0.517. The Kier molecular flexibility index (Phi) is 11.0. The molecule has 2 rings (SSSR count). The molecule has 1 aliphatic rings. The molecule has 4 atom stereocenters. The van der Waals surface area contributed by atoms with E-state index in [1.54, 1.807) is 0 Å². The SMILES string of the molecule is CC(C)CC[C@H]1COC[C@H](NC(=O)OCc2ccccc2)C(=O)O[C@@H](C)[C@@H]1CCC(C)C. The van der Waals surface area contributed by atoms with E-state index in [0.29, 0.717) is 24.4 Å². The summed E-state index contributed by atoms with van der Waals surface area (Å²) in [6.45, 7) is 11.6. The molecule has 1 aromatic rings. The van der Waals surface area contributed by atoms with Crippen LogP contribution in [0.25, 0.3) is 0 Å². The lowest BCUT2D eigenvalue weighted by atomic mass is 9.80. The number of amides is 1. The molecule has 0 bridgehead atoms. The first-order chi connectivity index (χ1) is 15.3. The van der Waals surface area contributed by atoms with Crippen LogP contribution in [0.5, 0.6) is 0 Å². The second-order valence-corrected chi connectivity index (χ2v) is 9.80. The zero-order valence-corrected chi connectivity index (χ0v) is 20.3. The summed E-state index contributed by atoms with van der Waals surface area (Å²) in [5, 5.41) is 2.62. The number of ether oxygens (including phenoxy) is 3. The lowest BCUT2D eigenvalue weighted by molar-refractivity contribution is -0.154. The highest BCUT2D eigenvalue weighted by Gasteiger charge is 2.34. The lowest BCUT2D eigenvalue weighted by Gasteiger charge is -2.31. The highest BCUT2D eigenvalue weighted by atomic mass is 16.6. The van der Waals surface area contributed by atoms with Crippen LogP contribution < -0.4 is 5.32 Å². The zero-order chi connectivity index (χ0) is 23.5. The van der Waals surface area contributed by atoms with Crippen molar-refractivity contribution in [2.45, 2.75) is 79.1 Å². The van der Waals surface area contributed by atoms with Crippen LogP contribution in [0.1, 0.15) is 65.9 Å². The highest BCUT2D eigenvalue weighted by molar-refractivity contribution is 5.81. The predicted molar refractivity (Wildman–Crippen MR) is 125 cm³/mol. The molecule has 6 heteroatoms. The van der Waals surface area contributed by atoms with Crippen LogP contribution in [0, 0.1) is 23.7 Å². The van der Waals surface area contributed by atoms with Crippen LogP contribution >= 0.6 is 0 Å². The number of carbonyl (C=O) groups is 2. The van der Waals surface area contributed by atoms with Gasteiger partial charge in [0, 0.05) is 12.5 Å². The van der Waals surface area contributed by atoms with Gasteiger partial charge in [0.2, 0.25) is 0 Å². The maximum Gasteiger partial charge on any atom is 0.408 e. The van der Waals surface area contributed by atoms with E-state index in [1.807, 2.05) is 37.3 Å². The standard InChI is InChI=1S/C26H41NO5/c1-18(2)11-13-22-16-30-17-24(25(28)32-20(5)23(22)14-12-19(3)4)27-26(29)31-15-21-9-7-6-8-10-21/h6-10,18-20,22-24H,11-17H2,1-5H3,(H,27,29)/t20-,22-,23-,24-/m0/s1. The molecule has 6 nitrogen and oxygen atoms in total. The summed E-state index contributed by atoms with van der Waals surface area (Å²) in [5.74, 6) is 1.30. The minimum absolute atomic E-state index is 0.0844. The number of alkyl carbamates (subject to hydrolysis) is 1. The van der Waals surface area contributed by atoms with E-state index >= 15 is 0 Å². The second-order valence-electron chi connectivity index (χ2n) is 9.80. The largest absolute Gasteiger partial charge is 0.461 e. The van der Waals surface area contributed by atoms with Crippen LogP contribution in [0.15, 0.2) is 30.3 Å². The number of rotatable bonds is 9. The summed E-state index contributed by atoms with van der Waals surface area (Å²) < 4.78 is 17.1. The topological polar surface area (TPSA) is 73.9 Å². The molecule has 0 saturated carbocycles. The number of esters is 1. The maximum absolute atomic E-state index is 12.8. The van der Waals surface area contributed by atoms with E-state index in [-0.39, 0.29) is 25.2 Å². The van der Waals surface area contributed by atoms with E-state index < -0.39 is 18.1 Å². The van der Waals surface area contributed by atoms with Crippen LogP contribution in [0.3, 0.4) is 0 Å². The molecule has 0 radical (unpaired) electrons. The van der Waals surface area contributed by atoms with Gasteiger partial charge in [-0.25, -0.2) is 9.59 Å². The van der Waals surface area contributed by atoms with Gasteiger partial charge in [-0.3, -0.25) is 0 Å². The summed E-state index contributed by atoms with van der Waals surface area (Å²) in [4.78, 5) is 25.1. The van der Waals surface area contributed by atoms with Gasteiger partial charge in [0.15, 0.2) is 6.04 Å². The Morgan fingerprint density at radius 1 is 1.06 bits per heavy atom. The molecule has 1 amide bonds. The predicted octanol–water partition coefficient (Wildman–Crippen LogP) is 5.35. The summed E-state index contributed by atoms with van der Waals surface area (Å²) in [7, 11) is 0. The highest BCUT2D eigenvalue weighted by Crippen LogP contribution is 2.31. The molecule has 1 saturated heterocycles. The van der Waals surface area contributed by atoms with Gasteiger partial charge >= 0.3 is 12.1 Å². The van der Waals surface area contributed by atoms with Gasteiger partial charge in [0.25, 0.3) is 0 Å². The molecule has 180 valence electrons. The molecule has 1 heterocycles. The Labute approximate surface area is 193 Å². The number of carbonyl (C=O) groups excluding carboxylic acids is 2. The maximum atomic E-state index is 12.8. The van der Waals surface area contributed by atoms with Crippen molar-refractivity contribution < 1.29 is 23.8 Å².